The van der Waals surface area contributed by atoms with E-state index in [1.165, 1.54) is 0 Å². The smallest absolute Gasteiger partial charge is 0.852 e. The maximum absolute atomic E-state index is 9.53. The van der Waals surface area contributed by atoms with Crippen LogP contribution in [0.1, 0.15) is 41.5 Å². The van der Waals surface area contributed by atoms with Crippen molar-refractivity contribution in [2.24, 2.45) is 0 Å². The third-order valence-corrected chi connectivity index (χ3v) is 0. The zero-order valence-corrected chi connectivity index (χ0v) is 10.3. The fourth-order valence-electron chi connectivity index (χ4n) is 0. The maximum atomic E-state index is 9.53. The molecule has 0 rings (SSSR count). The Labute approximate surface area is 92.1 Å². The van der Waals surface area contributed by atoms with Crippen molar-refractivity contribution in [1.82, 2.24) is 0 Å². The van der Waals surface area contributed by atoms with E-state index in [-0.39, 0.29) is 22.6 Å². The predicted molar refractivity (Wildman–Crippen MR) is 47.6 cm³/mol. The van der Waals surface area contributed by atoms with Gasteiger partial charge in [0.05, 0.1) is 0 Å². The molecule has 0 aromatic rings. The van der Waals surface area contributed by atoms with Gasteiger partial charge < -0.3 is 15.3 Å². The molecule has 0 bridgehead atoms. The molecule has 13 heavy (non-hydrogen) atoms. The molecule has 0 fully saturated rings. The summed E-state index contributed by atoms with van der Waals surface area (Å²) in [6.45, 7) is 9.89. The van der Waals surface area contributed by atoms with Gasteiger partial charge in [0.1, 0.15) is 0 Å². The minimum Gasteiger partial charge on any atom is -0.852 e. The van der Waals surface area contributed by atoms with Crippen molar-refractivity contribution < 1.29 is 31.8 Å². The Hall–Kier alpha value is 0.374. The van der Waals surface area contributed by atoms with Crippen molar-refractivity contribution in [2.75, 3.05) is 0 Å². The Morgan fingerprint density at radius 3 is 0.769 bits per heavy atom. The molecule has 0 radical (unpaired) electrons. The van der Waals surface area contributed by atoms with E-state index in [1.807, 2.05) is 0 Å². The van der Waals surface area contributed by atoms with E-state index < -0.39 is 12.2 Å². The molecule has 86 valence electrons. The van der Waals surface area contributed by atoms with Crippen LogP contribution in [0.25, 0.3) is 0 Å². The molecular formula is C9H22NiO3. The minimum absolute atomic E-state index is 0. The first-order valence-electron chi connectivity index (χ1n) is 4.19. The summed E-state index contributed by atoms with van der Waals surface area (Å²) in [5.41, 5.74) is 0. The number of rotatable bonds is 0. The van der Waals surface area contributed by atoms with E-state index in [0.29, 0.717) is 0 Å². The van der Waals surface area contributed by atoms with Gasteiger partial charge in [-0.05, 0) is 13.8 Å². The number of hydrogen-bond acceptors (Lipinski definition) is 3. The van der Waals surface area contributed by atoms with Crippen molar-refractivity contribution in [3.63, 3.8) is 0 Å². The second-order valence-electron chi connectivity index (χ2n) is 3.19. The topological polar surface area (TPSA) is 66.3 Å². The van der Waals surface area contributed by atoms with Gasteiger partial charge in [-0.3, -0.25) is 0 Å². The molecule has 0 saturated carbocycles. The Morgan fingerprint density at radius 1 is 0.769 bits per heavy atom. The van der Waals surface area contributed by atoms with Crippen LogP contribution in [0.5, 0.6) is 0 Å². The second kappa shape index (κ2) is 18.2. The van der Waals surface area contributed by atoms with E-state index in [9.17, 15) is 10.2 Å². The average molecular weight is 237 g/mol. The molecule has 0 heterocycles. The summed E-state index contributed by atoms with van der Waals surface area (Å²) in [5, 5.41) is 27.1. The quantitative estimate of drug-likeness (QED) is 0.598. The third-order valence-electron chi connectivity index (χ3n) is 0. The summed E-state index contributed by atoms with van der Waals surface area (Å²) < 4.78 is 0. The number of aliphatic hydroxyl groups is 1. The number of hydrogen-bond donors (Lipinski definition) is 1. The molecule has 0 aliphatic heterocycles. The van der Waals surface area contributed by atoms with E-state index in [4.69, 9.17) is 5.11 Å². The zero-order chi connectivity index (χ0) is 10.7. The van der Waals surface area contributed by atoms with Gasteiger partial charge in [-0.1, -0.05) is 27.7 Å². The third kappa shape index (κ3) is 9540. The van der Waals surface area contributed by atoms with Crippen LogP contribution in [0.15, 0.2) is 0 Å². The summed E-state index contributed by atoms with van der Waals surface area (Å²) in [4.78, 5) is 0. The van der Waals surface area contributed by atoms with Crippen LogP contribution in [-0.4, -0.2) is 23.4 Å². The van der Waals surface area contributed by atoms with Crippen molar-refractivity contribution >= 4 is 0 Å². The molecule has 0 aliphatic rings. The van der Waals surface area contributed by atoms with E-state index in [2.05, 4.69) is 0 Å². The van der Waals surface area contributed by atoms with E-state index in [0.717, 1.165) is 0 Å². The molecule has 0 aromatic heterocycles. The van der Waals surface area contributed by atoms with Crippen molar-refractivity contribution in [2.45, 2.75) is 59.9 Å². The Balaban J connectivity index is -0.0000000450. The van der Waals surface area contributed by atoms with Crippen LogP contribution < -0.4 is 10.2 Å². The van der Waals surface area contributed by atoms with E-state index in [1.54, 1.807) is 41.5 Å². The molecule has 0 saturated heterocycles. The SMILES string of the molecule is CC(C)O.CC(C)[O-].CC(C)[O-].[Ni+2]. The van der Waals surface area contributed by atoms with Gasteiger partial charge in [0.15, 0.2) is 0 Å². The minimum atomic E-state index is -0.417. The normalized spacial score (nSPS) is 8.31. The van der Waals surface area contributed by atoms with Crippen molar-refractivity contribution in [3.8, 4) is 0 Å². The number of aliphatic hydroxyl groups excluding tert-OH is 1. The first-order chi connectivity index (χ1) is 5.20. The Morgan fingerprint density at radius 2 is 0.769 bits per heavy atom. The van der Waals surface area contributed by atoms with Gasteiger partial charge >= 0.3 is 16.5 Å². The van der Waals surface area contributed by atoms with Gasteiger partial charge in [-0.2, -0.15) is 0 Å². The zero-order valence-electron chi connectivity index (χ0n) is 9.31. The van der Waals surface area contributed by atoms with Gasteiger partial charge in [0, 0.05) is 6.10 Å². The molecule has 4 heteroatoms. The molecule has 3 nitrogen and oxygen atoms in total. The van der Waals surface area contributed by atoms with Crippen molar-refractivity contribution in [3.05, 3.63) is 0 Å². The largest absolute Gasteiger partial charge is 2.00 e. The Bertz CT molecular complexity index is 43.4. The molecule has 0 aromatic carbocycles. The summed E-state index contributed by atoms with van der Waals surface area (Å²) in [6, 6.07) is 0. The fraction of sp³-hybridized carbons (Fsp3) is 1.00. The predicted octanol–water partition coefficient (Wildman–Crippen LogP) is -0.105. The van der Waals surface area contributed by atoms with Gasteiger partial charge in [-0.15, -0.1) is 12.2 Å². The summed E-state index contributed by atoms with van der Waals surface area (Å²) in [6.07, 6.45) is -1.00. The summed E-state index contributed by atoms with van der Waals surface area (Å²) >= 11 is 0. The van der Waals surface area contributed by atoms with Crippen LogP contribution in [-0.2, 0) is 16.5 Å². The monoisotopic (exact) mass is 236 g/mol. The van der Waals surface area contributed by atoms with E-state index >= 15 is 0 Å². The summed E-state index contributed by atoms with van der Waals surface area (Å²) in [5.74, 6) is 0. The Kier molecular flexibility index (Phi) is 32.7. The average Bonchev–Trinajstić information content (AvgIpc) is 1.54. The molecule has 0 amide bonds. The van der Waals surface area contributed by atoms with Crippen LogP contribution in [0.2, 0.25) is 0 Å². The van der Waals surface area contributed by atoms with Gasteiger partial charge in [0.25, 0.3) is 0 Å². The first-order valence-corrected chi connectivity index (χ1v) is 4.19. The first kappa shape index (κ1) is 23.3. The van der Waals surface area contributed by atoms with Crippen LogP contribution in [0.4, 0.5) is 0 Å². The van der Waals surface area contributed by atoms with Gasteiger partial charge in [0.2, 0.25) is 0 Å². The molecular weight excluding hydrogens is 215 g/mol. The van der Waals surface area contributed by atoms with Crippen LogP contribution >= 0.6 is 0 Å². The molecule has 0 spiro atoms. The van der Waals surface area contributed by atoms with Crippen LogP contribution in [0.3, 0.4) is 0 Å². The molecule has 0 unspecified atom stereocenters. The standard InChI is InChI=1S/C3H8O.2C3H7O.Ni/c3*1-3(2)4;/h3-4H,1-2H3;2*3H,1-2H3;/q;2*-1;+2. The van der Waals surface area contributed by atoms with Crippen LogP contribution in [0, 0.1) is 0 Å². The fourth-order valence-corrected chi connectivity index (χ4v) is 0. The van der Waals surface area contributed by atoms with Gasteiger partial charge in [-0.25, -0.2) is 0 Å². The molecule has 1 N–H and O–H groups in total. The molecule has 0 aliphatic carbocycles. The molecule has 0 atom stereocenters. The summed E-state index contributed by atoms with van der Waals surface area (Å²) in [7, 11) is 0. The maximum Gasteiger partial charge on any atom is 2.00 e. The second-order valence-corrected chi connectivity index (χ2v) is 3.19. The van der Waals surface area contributed by atoms with Crippen molar-refractivity contribution in [1.29, 1.82) is 0 Å².